The number of hydrogen-bond donors (Lipinski definition) is 0. The molecule has 0 spiro atoms. The highest BCUT2D eigenvalue weighted by molar-refractivity contribution is 7.27. The lowest BCUT2D eigenvalue weighted by atomic mass is 10.0. The Bertz CT molecular complexity index is 2810. The van der Waals surface area contributed by atoms with Gasteiger partial charge in [0.25, 0.3) is 0 Å². The van der Waals surface area contributed by atoms with Gasteiger partial charge in [0, 0.05) is 26.8 Å². The third-order valence-electron chi connectivity index (χ3n) is 11.2. The van der Waals surface area contributed by atoms with Crippen molar-refractivity contribution in [3.8, 4) is 22.3 Å². The van der Waals surface area contributed by atoms with E-state index in [-0.39, 0.29) is 0 Å². The summed E-state index contributed by atoms with van der Waals surface area (Å²) in [5, 5.41) is 8.02. The van der Waals surface area contributed by atoms with E-state index < -0.39 is 8.07 Å². The van der Waals surface area contributed by atoms with Gasteiger partial charge in [-0.25, -0.2) is 0 Å². The molecule has 0 N–H and O–H groups in total. The first-order chi connectivity index (χ1) is 28.3. The summed E-state index contributed by atoms with van der Waals surface area (Å²) in [5.41, 5.74) is 8.33. The van der Waals surface area contributed by atoms with Gasteiger partial charge >= 0.3 is 0 Å². The van der Waals surface area contributed by atoms with Gasteiger partial charge < -0.3 is 4.90 Å². The first-order valence-corrected chi connectivity index (χ1v) is 22.3. The number of benzene rings is 9. The molecule has 270 valence electrons. The number of nitrogens with zero attached hydrogens (tertiary/aromatic N) is 1. The summed E-state index contributed by atoms with van der Waals surface area (Å²) < 4.78 is 2.58. The third-order valence-corrected chi connectivity index (χ3v) is 17.3. The minimum Gasteiger partial charge on any atom is -0.309 e. The summed E-state index contributed by atoms with van der Waals surface area (Å²) in [5.74, 6) is 0. The van der Waals surface area contributed by atoms with Gasteiger partial charge in [0.05, 0.1) is 10.4 Å². The van der Waals surface area contributed by atoms with Gasteiger partial charge in [-0.1, -0.05) is 206 Å². The second kappa shape index (κ2) is 15.0. The molecule has 3 heteroatoms. The molecular formula is C54H39NSSi. The number of hydrogen-bond acceptors (Lipinski definition) is 2. The van der Waals surface area contributed by atoms with Crippen molar-refractivity contribution in [3.63, 3.8) is 0 Å². The average molecular weight is 762 g/mol. The molecule has 1 heterocycles. The molecule has 0 unspecified atom stereocenters. The molecule has 9 aromatic carbocycles. The van der Waals surface area contributed by atoms with Gasteiger partial charge in [0.2, 0.25) is 0 Å². The van der Waals surface area contributed by atoms with E-state index in [0.717, 1.165) is 11.4 Å². The quantitative estimate of drug-likeness (QED) is 0.105. The van der Waals surface area contributed by atoms with Crippen LogP contribution >= 0.6 is 11.3 Å². The van der Waals surface area contributed by atoms with Crippen LogP contribution in [0.1, 0.15) is 0 Å². The van der Waals surface area contributed by atoms with Crippen LogP contribution in [0.25, 0.3) is 42.4 Å². The molecule has 0 aliphatic carbocycles. The largest absolute Gasteiger partial charge is 0.309 e. The summed E-state index contributed by atoms with van der Waals surface area (Å²) >= 11 is 1.89. The van der Waals surface area contributed by atoms with Gasteiger partial charge in [-0.2, -0.15) is 0 Å². The van der Waals surface area contributed by atoms with Crippen LogP contribution in [0.15, 0.2) is 237 Å². The molecule has 10 aromatic rings. The fourth-order valence-electron chi connectivity index (χ4n) is 8.61. The summed E-state index contributed by atoms with van der Waals surface area (Å²) in [6, 6.07) is 86.9. The van der Waals surface area contributed by atoms with Gasteiger partial charge in [-0.15, -0.1) is 11.3 Å². The van der Waals surface area contributed by atoms with E-state index in [4.69, 9.17) is 0 Å². The van der Waals surface area contributed by atoms with Crippen LogP contribution in [0.5, 0.6) is 0 Å². The molecule has 0 fully saturated rings. The van der Waals surface area contributed by atoms with E-state index in [2.05, 4.69) is 241 Å². The number of fused-ring (bicyclic) bond motifs is 3. The number of anilines is 3. The standard InChI is InChI=1S/C54H39NSSi/c1-6-18-40(19-7-1)41-32-34-43(35-33-41)55(52-31-17-30-51-50-29-16-28-49(53(50)56-54(51)52)42-20-8-2-9-21-42)44-36-38-48(39-37-44)57(45-22-10-3-11-23-45,46-24-12-4-13-25-46)47-26-14-5-15-27-47/h1-39H. The Balaban J connectivity index is 1.18. The molecule has 0 radical (unpaired) electrons. The third kappa shape index (κ3) is 6.18. The van der Waals surface area contributed by atoms with Crippen molar-refractivity contribution >= 4 is 77.4 Å². The van der Waals surface area contributed by atoms with Crippen molar-refractivity contribution in [2.24, 2.45) is 0 Å². The zero-order valence-corrected chi connectivity index (χ0v) is 33.2. The van der Waals surface area contributed by atoms with Gasteiger partial charge in [-0.3, -0.25) is 0 Å². The van der Waals surface area contributed by atoms with Crippen molar-refractivity contribution in [1.82, 2.24) is 0 Å². The van der Waals surface area contributed by atoms with Crippen molar-refractivity contribution in [3.05, 3.63) is 237 Å². The van der Waals surface area contributed by atoms with Crippen LogP contribution in [-0.4, -0.2) is 8.07 Å². The molecule has 0 aliphatic rings. The van der Waals surface area contributed by atoms with E-state index in [1.807, 2.05) is 11.3 Å². The highest BCUT2D eigenvalue weighted by Gasteiger charge is 2.41. The van der Waals surface area contributed by atoms with Crippen LogP contribution in [-0.2, 0) is 0 Å². The first kappa shape index (κ1) is 34.7. The van der Waals surface area contributed by atoms with E-state index in [9.17, 15) is 0 Å². The molecule has 0 amide bonds. The molecule has 1 nitrogen and oxygen atoms in total. The molecule has 0 atom stereocenters. The van der Waals surface area contributed by atoms with Gasteiger partial charge in [0.1, 0.15) is 0 Å². The van der Waals surface area contributed by atoms with E-state index >= 15 is 0 Å². The molecule has 0 bridgehead atoms. The van der Waals surface area contributed by atoms with E-state index in [0.29, 0.717) is 0 Å². The Labute approximate surface area is 339 Å². The maximum absolute atomic E-state index is 2.68. The maximum atomic E-state index is 2.45. The van der Waals surface area contributed by atoms with Crippen molar-refractivity contribution in [1.29, 1.82) is 0 Å². The molecule has 10 rings (SSSR count). The first-order valence-electron chi connectivity index (χ1n) is 19.5. The lowest BCUT2D eigenvalue weighted by Gasteiger charge is -2.35. The fraction of sp³-hybridized carbons (Fsp3) is 0. The summed E-state index contributed by atoms with van der Waals surface area (Å²) in [6.45, 7) is 0. The molecule has 0 aliphatic heterocycles. The summed E-state index contributed by atoms with van der Waals surface area (Å²) in [7, 11) is -2.68. The zero-order valence-electron chi connectivity index (χ0n) is 31.4. The van der Waals surface area contributed by atoms with Gasteiger partial charge in [-0.05, 0) is 73.3 Å². The second-order valence-corrected chi connectivity index (χ2v) is 19.3. The summed E-state index contributed by atoms with van der Waals surface area (Å²) in [4.78, 5) is 2.45. The zero-order chi connectivity index (χ0) is 38.0. The molecule has 0 saturated carbocycles. The highest BCUT2D eigenvalue weighted by Crippen LogP contribution is 2.47. The number of rotatable bonds is 9. The lowest BCUT2D eigenvalue weighted by Crippen LogP contribution is -2.74. The minimum atomic E-state index is -2.68. The van der Waals surface area contributed by atoms with E-state index in [1.165, 1.54) is 68.9 Å². The van der Waals surface area contributed by atoms with Crippen LogP contribution in [0.4, 0.5) is 17.1 Å². The number of thiophene rings is 1. The smallest absolute Gasteiger partial charge is 0.179 e. The topological polar surface area (TPSA) is 3.24 Å². The Morgan fingerprint density at radius 2 is 0.702 bits per heavy atom. The fourth-order valence-corrected chi connectivity index (χ4v) is 14.7. The monoisotopic (exact) mass is 761 g/mol. The molecule has 0 saturated heterocycles. The maximum Gasteiger partial charge on any atom is 0.179 e. The predicted octanol–water partition coefficient (Wildman–Crippen LogP) is 12.2. The minimum absolute atomic E-state index is 1.12. The van der Waals surface area contributed by atoms with Crippen molar-refractivity contribution < 1.29 is 0 Å². The summed E-state index contributed by atoms with van der Waals surface area (Å²) in [6.07, 6.45) is 0. The lowest BCUT2D eigenvalue weighted by molar-refractivity contribution is 1.30. The van der Waals surface area contributed by atoms with Crippen LogP contribution in [0, 0.1) is 0 Å². The predicted molar refractivity (Wildman–Crippen MR) is 249 cm³/mol. The van der Waals surface area contributed by atoms with Crippen LogP contribution in [0.2, 0.25) is 0 Å². The Hall–Kier alpha value is -6.78. The van der Waals surface area contributed by atoms with Crippen molar-refractivity contribution in [2.75, 3.05) is 4.90 Å². The van der Waals surface area contributed by atoms with Crippen LogP contribution in [0.3, 0.4) is 0 Å². The Morgan fingerprint density at radius 3 is 1.23 bits per heavy atom. The molecular weight excluding hydrogens is 723 g/mol. The Morgan fingerprint density at radius 1 is 0.298 bits per heavy atom. The molecule has 1 aromatic heterocycles. The highest BCUT2D eigenvalue weighted by atomic mass is 32.1. The van der Waals surface area contributed by atoms with Gasteiger partial charge in [0.15, 0.2) is 8.07 Å². The average Bonchev–Trinajstić information content (AvgIpc) is 3.69. The van der Waals surface area contributed by atoms with Crippen molar-refractivity contribution in [2.45, 2.75) is 0 Å². The SMILES string of the molecule is c1ccc(-c2ccc(N(c3ccc([Si](c4ccccc4)(c4ccccc4)c4ccccc4)cc3)c3cccc4c3sc3c(-c5ccccc5)cccc34)cc2)cc1. The molecule has 57 heavy (non-hydrogen) atoms. The second-order valence-electron chi connectivity index (χ2n) is 14.4. The van der Waals surface area contributed by atoms with Crippen LogP contribution < -0.4 is 25.6 Å². The normalized spacial score (nSPS) is 11.5. The Kier molecular flexibility index (Phi) is 9.15. The van der Waals surface area contributed by atoms with E-state index in [1.54, 1.807) is 0 Å².